The lowest BCUT2D eigenvalue weighted by Gasteiger charge is -2.15. The second kappa shape index (κ2) is 6.66. The Bertz CT molecular complexity index is 825. The Morgan fingerprint density at radius 1 is 1.22 bits per heavy atom. The molecule has 1 aliphatic heterocycles. The number of rotatable bonds is 3. The second-order valence-electron chi connectivity index (χ2n) is 5.57. The molecule has 1 unspecified atom stereocenters. The molecular formula is C21H20O2. The highest BCUT2D eigenvalue weighted by Gasteiger charge is 2.27. The van der Waals surface area contributed by atoms with Gasteiger partial charge < -0.3 is 4.74 Å². The van der Waals surface area contributed by atoms with E-state index in [0.717, 1.165) is 22.8 Å². The number of ether oxygens (including phenoxy) is 1. The van der Waals surface area contributed by atoms with E-state index in [1.54, 1.807) is 6.26 Å². The highest BCUT2D eigenvalue weighted by atomic mass is 16.5. The number of carbonyl (C=O) groups is 1. The van der Waals surface area contributed by atoms with Crippen LogP contribution in [0.5, 0.6) is 5.75 Å². The molecule has 0 amide bonds. The molecule has 116 valence electrons. The number of hydrogen-bond acceptors (Lipinski definition) is 2. The minimum atomic E-state index is -0.275. The number of ketones is 1. The Hall–Kier alpha value is -2.61. The van der Waals surface area contributed by atoms with Crippen LogP contribution < -0.4 is 4.74 Å². The van der Waals surface area contributed by atoms with Crippen LogP contribution in [0.1, 0.15) is 30.6 Å². The van der Waals surface area contributed by atoms with Gasteiger partial charge in [0.05, 0.1) is 17.7 Å². The maximum absolute atomic E-state index is 13.2. The number of hydrogen-bond donors (Lipinski definition) is 0. The third kappa shape index (κ3) is 2.85. The van der Waals surface area contributed by atoms with Gasteiger partial charge in [0.2, 0.25) is 0 Å². The SMILES string of the molecule is C/C=C\C=C(/CC)C1C=COc2ccc3ccccc3c2C1=O. The standard InChI is InChI=1S/C21H20O2/c1-3-5-8-15(4-2)18-13-14-23-19-12-11-16-9-6-7-10-17(16)20(19)21(18)22/h3,5-14,18H,4H2,1-2H3/b5-3-,15-8+. The Kier molecular flexibility index (Phi) is 4.42. The van der Waals surface area contributed by atoms with Crippen LogP contribution in [0.25, 0.3) is 10.8 Å². The van der Waals surface area contributed by atoms with Gasteiger partial charge in [0, 0.05) is 0 Å². The molecule has 0 N–H and O–H groups in total. The number of benzene rings is 2. The molecule has 0 saturated heterocycles. The summed E-state index contributed by atoms with van der Waals surface area (Å²) in [5.41, 5.74) is 1.77. The molecule has 1 atom stereocenters. The summed E-state index contributed by atoms with van der Waals surface area (Å²) >= 11 is 0. The van der Waals surface area contributed by atoms with E-state index in [4.69, 9.17) is 4.74 Å². The van der Waals surface area contributed by atoms with Crippen LogP contribution in [0.2, 0.25) is 0 Å². The fourth-order valence-corrected chi connectivity index (χ4v) is 2.99. The van der Waals surface area contributed by atoms with Crippen molar-refractivity contribution in [1.29, 1.82) is 0 Å². The molecule has 0 aliphatic carbocycles. The summed E-state index contributed by atoms with van der Waals surface area (Å²) in [6, 6.07) is 11.8. The lowest BCUT2D eigenvalue weighted by atomic mass is 9.86. The highest BCUT2D eigenvalue weighted by molar-refractivity contribution is 6.13. The van der Waals surface area contributed by atoms with E-state index in [1.165, 1.54) is 0 Å². The van der Waals surface area contributed by atoms with Gasteiger partial charge in [-0.05, 0) is 36.3 Å². The van der Waals surface area contributed by atoms with Gasteiger partial charge >= 0.3 is 0 Å². The number of fused-ring (bicyclic) bond motifs is 3. The van der Waals surface area contributed by atoms with Crippen molar-refractivity contribution >= 4 is 16.6 Å². The zero-order valence-corrected chi connectivity index (χ0v) is 13.5. The molecule has 23 heavy (non-hydrogen) atoms. The van der Waals surface area contributed by atoms with E-state index in [1.807, 2.05) is 67.6 Å². The second-order valence-corrected chi connectivity index (χ2v) is 5.57. The summed E-state index contributed by atoms with van der Waals surface area (Å²) in [6.45, 7) is 4.05. The van der Waals surface area contributed by atoms with E-state index in [0.29, 0.717) is 11.3 Å². The lowest BCUT2D eigenvalue weighted by molar-refractivity contribution is 0.0961. The number of carbonyl (C=O) groups excluding carboxylic acids is 1. The lowest BCUT2D eigenvalue weighted by Crippen LogP contribution is -2.14. The first kappa shape index (κ1) is 15.3. The largest absolute Gasteiger partial charge is 0.465 e. The van der Waals surface area contributed by atoms with Crippen molar-refractivity contribution < 1.29 is 9.53 Å². The first-order chi connectivity index (χ1) is 11.3. The molecular weight excluding hydrogens is 284 g/mol. The molecule has 0 spiro atoms. The van der Waals surface area contributed by atoms with Crippen molar-refractivity contribution in [3.05, 3.63) is 78.1 Å². The van der Waals surface area contributed by atoms with Crippen molar-refractivity contribution in [2.75, 3.05) is 0 Å². The van der Waals surface area contributed by atoms with Crippen LogP contribution in [-0.4, -0.2) is 5.78 Å². The number of allylic oxidation sites excluding steroid dienone is 5. The van der Waals surface area contributed by atoms with Crippen molar-refractivity contribution in [1.82, 2.24) is 0 Å². The Morgan fingerprint density at radius 3 is 2.83 bits per heavy atom. The summed E-state index contributed by atoms with van der Waals surface area (Å²) in [4.78, 5) is 13.2. The first-order valence-electron chi connectivity index (χ1n) is 7.97. The molecule has 2 nitrogen and oxygen atoms in total. The monoisotopic (exact) mass is 304 g/mol. The first-order valence-corrected chi connectivity index (χ1v) is 7.97. The van der Waals surface area contributed by atoms with Gasteiger partial charge in [-0.2, -0.15) is 0 Å². The van der Waals surface area contributed by atoms with Crippen LogP contribution in [-0.2, 0) is 0 Å². The maximum Gasteiger partial charge on any atom is 0.178 e. The molecule has 2 aromatic carbocycles. The van der Waals surface area contributed by atoms with Gasteiger partial charge in [-0.1, -0.05) is 61.1 Å². The van der Waals surface area contributed by atoms with E-state index in [9.17, 15) is 4.79 Å². The predicted octanol–water partition coefficient (Wildman–Crippen LogP) is 5.46. The minimum absolute atomic E-state index is 0.100. The molecule has 0 fully saturated rings. The average Bonchev–Trinajstić information content (AvgIpc) is 2.75. The zero-order valence-electron chi connectivity index (χ0n) is 13.5. The normalized spacial score (nSPS) is 18.1. The average molecular weight is 304 g/mol. The summed E-state index contributed by atoms with van der Waals surface area (Å²) in [5.74, 6) is 0.459. The third-order valence-corrected chi connectivity index (χ3v) is 4.20. The third-order valence-electron chi connectivity index (χ3n) is 4.20. The quantitative estimate of drug-likeness (QED) is 0.704. The van der Waals surface area contributed by atoms with Crippen LogP contribution in [0.3, 0.4) is 0 Å². The fraction of sp³-hybridized carbons (Fsp3) is 0.190. The summed E-state index contributed by atoms with van der Waals surface area (Å²) in [6.07, 6.45) is 10.3. The molecule has 0 bridgehead atoms. The molecule has 0 aromatic heterocycles. The van der Waals surface area contributed by atoms with Crippen LogP contribution in [0.4, 0.5) is 0 Å². The van der Waals surface area contributed by atoms with Crippen LogP contribution in [0.15, 0.2) is 72.5 Å². The van der Waals surface area contributed by atoms with Gasteiger partial charge in [0.25, 0.3) is 0 Å². The van der Waals surface area contributed by atoms with Crippen molar-refractivity contribution in [2.24, 2.45) is 5.92 Å². The van der Waals surface area contributed by atoms with Crippen LogP contribution >= 0.6 is 0 Å². The summed E-state index contributed by atoms with van der Waals surface area (Å²) < 4.78 is 5.71. The van der Waals surface area contributed by atoms with E-state index < -0.39 is 0 Å². The fourth-order valence-electron chi connectivity index (χ4n) is 2.99. The molecule has 2 aromatic rings. The molecule has 0 radical (unpaired) electrons. The molecule has 2 heteroatoms. The molecule has 1 aliphatic rings. The summed E-state index contributed by atoms with van der Waals surface area (Å²) in [7, 11) is 0. The van der Waals surface area contributed by atoms with Gasteiger partial charge in [-0.3, -0.25) is 4.79 Å². The summed E-state index contributed by atoms with van der Waals surface area (Å²) in [5, 5.41) is 2.00. The Balaban J connectivity index is 2.16. The van der Waals surface area contributed by atoms with Crippen molar-refractivity contribution in [2.45, 2.75) is 20.3 Å². The zero-order chi connectivity index (χ0) is 16.2. The topological polar surface area (TPSA) is 26.3 Å². The van der Waals surface area contributed by atoms with E-state index in [2.05, 4.69) is 6.92 Å². The Morgan fingerprint density at radius 2 is 2.04 bits per heavy atom. The molecule has 3 rings (SSSR count). The van der Waals surface area contributed by atoms with Crippen molar-refractivity contribution in [3.63, 3.8) is 0 Å². The van der Waals surface area contributed by atoms with E-state index >= 15 is 0 Å². The maximum atomic E-state index is 13.2. The smallest absolute Gasteiger partial charge is 0.178 e. The number of Topliss-reactive ketones (excluding diaryl/α,β-unsaturated/α-hetero) is 1. The van der Waals surface area contributed by atoms with Gasteiger partial charge in [0.1, 0.15) is 5.75 Å². The Labute approximate surface area is 136 Å². The molecule has 0 saturated carbocycles. The molecule has 1 heterocycles. The predicted molar refractivity (Wildman–Crippen MR) is 94.7 cm³/mol. The minimum Gasteiger partial charge on any atom is -0.465 e. The van der Waals surface area contributed by atoms with Gasteiger partial charge in [-0.15, -0.1) is 0 Å². The van der Waals surface area contributed by atoms with E-state index in [-0.39, 0.29) is 11.7 Å². The van der Waals surface area contributed by atoms with Crippen LogP contribution in [0, 0.1) is 5.92 Å². The highest BCUT2D eigenvalue weighted by Crippen LogP contribution is 2.35. The van der Waals surface area contributed by atoms with Gasteiger partial charge in [-0.25, -0.2) is 0 Å². The van der Waals surface area contributed by atoms with Gasteiger partial charge in [0.15, 0.2) is 5.78 Å². The van der Waals surface area contributed by atoms with Crippen molar-refractivity contribution in [3.8, 4) is 5.75 Å².